The molecule has 120 valence electrons. The molecule has 0 fully saturated rings. The Morgan fingerprint density at radius 2 is 1.41 bits per heavy atom. The Morgan fingerprint density at radius 3 is 1.95 bits per heavy atom. The molecule has 0 aliphatic heterocycles. The van der Waals surface area contributed by atoms with E-state index in [9.17, 15) is 0 Å². The number of hydrogen-bond acceptors (Lipinski definition) is 1. The fourth-order valence-electron chi connectivity index (χ4n) is 2.32. The normalized spacial score (nSPS) is 24.6. The first-order valence-electron chi connectivity index (χ1n) is 8.44. The number of aliphatic hydroxyl groups is 1. The Labute approximate surface area is 136 Å². The zero-order chi connectivity index (χ0) is 15.9. The van der Waals surface area contributed by atoms with Gasteiger partial charge in [-0.05, 0) is 38.5 Å². The van der Waals surface area contributed by atoms with Crippen molar-refractivity contribution in [1.82, 2.24) is 0 Å². The van der Waals surface area contributed by atoms with Gasteiger partial charge in [-0.2, -0.15) is 0 Å². The number of allylic oxidation sites excluding steroid dienone is 12. The Morgan fingerprint density at radius 1 is 0.864 bits per heavy atom. The number of rotatable bonds is 6. The first-order valence-corrected chi connectivity index (χ1v) is 8.44. The van der Waals surface area contributed by atoms with Crippen molar-refractivity contribution >= 4 is 0 Å². The van der Waals surface area contributed by atoms with Crippen molar-refractivity contribution in [3.63, 3.8) is 0 Å². The molecule has 0 saturated carbocycles. The predicted molar refractivity (Wildman–Crippen MR) is 97.7 cm³/mol. The van der Waals surface area contributed by atoms with Crippen LogP contribution in [0.4, 0.5) is 0 Å². The first kappa shape index (κ1) is 18.4. The van der Waals surface area contributed by atoms with Gasteiger partial charge < -0.3 is 5.11 Å². The van der Waals surface area contributed by atoms with Gasteiger partial charge in [0.1, 0.15) is 0 Å². The van der Waals surface area contributed by atoms with E-state index >= 15 is 0 Å². The van der Waals surface area contributed by atoms with Gasteiger partial charge in [-0.15, -0.1) is 0 Å². The standard InChI is InChI=1S/C21H30O/c1-2-3-16-21(19-14-11-15-20-22)17-12-9-7-5-4-6-8-10-13-18-21/h3,5-8,12-14,16-19,22H,2,4,9-11,15,20H2,1H3/b7-5-,8-6-,16-3-,17-12-,18-13-,19-14-. The lowest BCUT2D eigenvalue weighted by Crippen LogP contribution is -2.08. The van der Waals surface area contributed by atoms with Gasteiger partial charge in [-0.3, -0.25) is 0 Å². The third-order valence-electron chi connectivity index (χ3n) is 3.54. The summed E-state index contributed by atoms with van der Waals surface area (Å²) >= 11 is 0. The van der Waals surface area contributed by atoms with Crippen molar-refractivity contribution in [2.24, 2.45) is 5.41 Å². The van der Waals surface area contributed by atoms with Crippen molar-refractivity contribution in [1.29, 1.82) is 0 Å². The summed E-state index contributed by atoms with van der Waals surface area (Å²) in [6.45, 7) is 2.41. The highest BCUT2D eigenvalue weighted by Gasteiger charge is 2.15. The van der Waals surface area contributed by atoms with Gasteiger partial charge in [0.15, 0.2) is 0 Å². The highest BCUT2D eigenvalue weighted by molar-refractivity contribution is 5.30. The Bertz CT molecular complexity index is 423. The molecule has 0 unspecified atom stereocenters. The van der Waals surface area contributed by atoms with Crippen molar-refractivity contribution in [3.8, 4) is 0 Å². The highest BCUT2D eigenvalue weighted by atomic mass is 16.2. The summed E-state index contributed by atoms with van der Waals surface area (Å²) < 4.78 is 0. The number of unbranched alkanes of at least 4 members (excludes halogenated alkanes) is 1. The van der Waals surface area contributed by atoms with Crippen LogP contribution in [-0.2, 0) is 0 Å². The zero-order valence-corrected chi connectivity index (χ0v) is 13.8. The molecule has 0 saturated heterocycles. The molecule has 0 bridgehead atoms. The second-order valence-electron chi connectivity index (χ2n) is 5.53. The van der Waals surface area contributed by atoms with Crippen LogP contribution in [0.15, 0.2) is 72.9 Å². The molecule has 0 atom stereocenters. The van der Waals surface area contributed by atoms with Crippen LogP contribution >= 0.6 is 0 Å². The summed E-state index contributed by atoms with van der Waals surface area (Å²) in [6, 6.07) is 0. The minimum Gasteiger partial charge on any atom is -0.396 e. The fraction of sp³-hybridized carbons (Fsp3) is 0.429. The maximum Gasteiger partial charge on any atom is 0.0433 e. The van der Waals surface area contributed by atoms with E-state index in [-0.39, 0.29) is 12.0 Å². The van der Waals surface area contributed by atoms with E-state index in [4.69, 9.17) is 5.11 Å². The van der Waals surface area contributed by atoms with Crippen LogP contribution in [0.2, 0.25) is 0 Å². The van der Waals surface area contributed by atoms with Crippen molar-refractivity contribution in [2.45, 2.75) is 45.4 Å². The van der Waals surface area contributed by atoms with Gasteiger partial charge in [0, 0.05) is 12.0 Å². The Balaban J connectivity index is 2.98. The molecule has 0 aromatic rings. The van der Waals surface area contributed by atoms with Gasteiger partial charge in [0.25, 0.3) is 0 Å². The number of aliphatic hydroxyl groups excluding tert-OH is 1. The van der Waals surface area contributed by atoms with Crippen molar-refractivity contribution in [2.75, 3.05) is 6.61 Å². The topological polar surface area (TPSA) is 20.2 Å². The van der Waals surface area contributed by atoms with Crippen LogP contribution in [-0.4, -0.2) is 11.7 Å². The molecule has 0 aromatic carbocycles. The van der Waals surface area contributed by atoms with E-state index in [0.717, 1.165) is 38.5 Å². The van der Waals surface area contributed by atoms with Gasteiger partial charge in [-0.25, -0.2) is 0 Å². The molecule has 22 heavy (non-hydrogen) atoms. The van der Waals surface area contributed by atoms with E-state index in [2.05, 4.69) is 79.8 Å². The SMILES string of the molecule is CC/C=C\C1(/C=C\CCCO)/C=C\C/C=C\C/C=C\C/C=C\1. The van der Waals surface area contributed by atoms with E-state index < -0.39 is 0 Å². The lowest BCUT2D eigenvalue weighted by Gasteiger charge is -2.19. The summed E-state index contributed by atoms with van der Waals surface area (Å²) in [5, 5.41) is 8.93. The summed E-state index contributed by atoms with van der Waals surface area (Å²) in [5.41, 5.74) is -0.146. The van der Waals surface area contributed by atoms with Crippen LogP contribution in [0, 0.1) is 5.41 Å². The molecular formula is C21H30O. The average Bonchev–Trinajstić information content (AvgIpc) is 2.52. The maximum absolute atomic E-state index is 8.93. The monoisotopic (exact) mass is 298 g/mol. The van der Waals surface area contributed by atoms with Gasteiger partial charge in [0.2, 0.25) is 0 Å². The number of hydrogen-bond donors (Lipinski definition) is 1. The summed E-state index contributed by atoms with van der Waals surface area (Å²) in [5.74, 6) is 0. The molecule has 1 N–H and O–H groups in total. The van der Waals surface area contributed by atoms with Crippen LogP contribution < -0.4 is 0 Å². The van der Waals surface area contributed by atoms with E-state index in [1.54, 1.807) is 0 Å². The van der Waals surface area contributed by atoms with Crippen molar-refractivity contribution in [3.05, 3.63) is 72.9 Å². The van der Waals surface area contributed by atoms with E-state index in [1.165, 1.54) is 0 Å². The largest absolute Gasteiger partial charge is 0.396 e. The first-order chi connectivity index (χ1) is 10.8. The molecule has 1 heteroatoms. The lowest BCUT2D eigenvalue weighted by molar-refractivity contribution is 0.289. The molecule has 1 nitrogen and oxygen atoms in total. The fourth-order valence-corrected chi connectivity index (χ4v) is 2.32. The van der Waals surface area contributed by atoms with Gasteiger partial charge in [-0.1, -0.05) is 79.8 Å². The lowest BCUT2D eigenvalue weighted by atomic mass is 9.84. The molecule has 1 aliphatic carbocycles. The second kappa shape index (κ2) is 12.0. The zero-order valence-electron chi connectivity index (χ0n) is 13.8. The maximum atomic E-state index is 8.93. The molecule has 0 aromatic heterocycles. The summed E-state index contributed by atoms with van der Waals surface area (Å²) in [6.07, 6.45) is 32.6. The van der Waals surface area contributed by atoms with Crippen LogP contribution in [0.25, 0.3) is 0 Å². The third-order valence-corrected chi connectivity index (χ3v) is 3.54. The van der Waals surface area contributed by atoms with Gasteiger partial charge in [0.05, 0.1) is 0 Å². The third kappa shape index (κ3) is 7.99. The molecule has 1 aliphatic rings. The van der Waals surface area contributed by atoms with Gasteiger partial charge >= 0.3 is 0 Å². The Kier molecular flexibility index (Phi) is 10.1. The molecule has 0 heterocycles. The van der Waals surface area contributed by atoms with E-state index in [1.807, 2.05) is 0 Å². The smallest absolute Gasteiger partial charge is 0.0433 e. The molecule has 1 rings (SSSR count). The molecule has 0 radical (unpaired) electrons. The summed E-state index contributed by atoms with van der Waals surface area (Å²) in [4.78, 5) is 0. The quantitative estimate of drug-likeness (QED) is 0.494. The molecular weight excluding hydrogens is 268 g/mol. The highest BCUT2D eigenvalue weighted by Crippen LogP contribution is 2.27. The van der Waals surface area contributed by atoms with Crippen molar-refractivity contribution < 1.29 is 5.11 Å². The second-order valence-corrected chi connectivity index (χ2v) is 5.53. The van der Waals surface area contributed by atoms with Crippen LogP contribution in [0.3, 0.4) is 0 Å². The van der Waals surface area contributed by atoms with Crippen LogP contribution in [0.5, 0.6) is 0 Å². The van der Waals surface area contributed by atoms with Crippen LogP contribution in [0.1, 0.15) is 45.4 Å². The average molecular weight is 298 g/mol. The minimum atomic E-state index is -0.146. The molecule has 0 spiro atoms. The summed E-state index contributed by atoms with van der Waals surface area (Å²) in [7, 11) is 0. The van der Waals surface area contributed by atoms with E-state index in [0.29, 0.717) is 0 Å². The Hall–Kier alpha value is -1.60. The predicted octanol–water partition coefficient (Wildman–Crippen LogP) is 5.68. The molecule has 0 amide bonds. The minimum absolute atomic E-state index is 0.146.